The summed E-state index contributed by atoms with van der Waals surface area (Å²) in [6.07, 6.45) is 3.46. The van der Waals surface area contributed by atoms with E-state index in [2.05, 4.69) is 53.6 Å². The molecule has 5 nitrogen and oxygen atoms in total. The van der Waals surface area contributed by atoms with Crippen molar-refractivity contribution in [2.45, 2.75) is 44.0 Å². The van der Waals surface area contributed by atoms with Gasteiger partial charge in [0.15, 0.2) is 0 Å². The summed E-state index contributed by atoms with van der Waals surface area (Å²) in [5, 5.41) is 0. The van der Waals surface area contributed by atoms with Gasteiger partial charge in [0.05, 0.1) is 17.6 Å². The molecular weight excluding hydrogens is 376 g/mol. The van der Waals surface area contributed by atoms with E-state index >= 15 is 0 Å². The van der Waals surface area contributed by atoms with Crippen LogP contribution in [0, 0.1) is 23.7 Å². The maximum atomic E-state index is 13.0. The van der Waals surface area contributed by atoms with Crippen molar-refractivity contribution in [1.29, 1.82) is 0 Å². The highest BCUT2D eigenvalue weighted by atomic mass is 16.6. The molecule has 3 saturated heterocycles. The van der Waals surface area contributed by atoms with Crippen molar-refractivity contribution < 1.29 is 14.3 Å². The van der Waals surface area contributed by atoms with Gasteiger partial charge in [-0.3, -0.25) is 9.69 Å². The number of allylic oxidation sites excluding steroid dienone is 1. The lowest BCUT2D eigenvalue weighted by Gasteiger charge is -2.37. The van der Waals surface area contributed by atoms with Gasteiger partial charge in [-0.15, -0.1) is 0 Å². The van der Waals surface area contributed by atoms with E-state index in [0.29, 0.717) is 23.9 Å². The normalized spacial score (nSPS) is 42.9. The van der Waals surface area contributed by atoms with E-state index in [-0.39, 0.29) is 23.6 Å². The lowest BCUT2D eigenvalue weighted by molar-refractivity contribution is -0.147. The number of anilines is 1. The maximum absolute atomic E-state index is 13.0. The smallest absolute Gasteiger partial charge is 0.310 e. The Balaban J connectivity index is 1.15. The third kappa shape index (κ3) is 2.85. The first kappa shape index (κ1) is 18.9. The van der Waals surface area contributed by atoms with Crippen molar-refractivity contribution in [3.63, 3.8) is 0 Å². The van der Waals surface area contributed by atoms with E-state index < -0.39 is 0 Å². The molecule has 6 rings (SSSR count). The predicted molar refractivity (Wildman–Crippen MR) is 115 cm³/mol. The van der Waals surface area contributed by atoms with Crippen molar-refractivity contribution in [3.05, 3.63) is 42.5 Å². The number of benzene rings is 1. The van der Waals surface area contributed by atoms with Crippen LogP contribution in [0.25, 0.3) is 0 Å². The lowest BCUT2D eigenvalue weighted by atomic mass is 9.77. The van der Waals surface area contributed by atoms with Crippen molar-refractivity contribution >= 4 is 11.7 Å². The summed E-state index contributed by atoms with van der Waals surface area (Å²) in [6.45, 7) is 11.5. The van der Waals surface area contributed by atoms with Crippen molar-refractivity contribution in [2.75, 3.05) is 37.6 Å². The zero-order chi connectivity index (χ0) is 20.5. The Morgan fingerprint density at radius 2 is 1.93 bits per heavy atom. The minimum absolute atomic E-state index is 0.00812. The number of ether oxygens (including phenoxy) is 2. The SMILES string of the molecule is C=C1CC[C@@H]2[C@H](OC(=O)[C@@H]2CN2CCN(c3ccccc3)CC2)[C@H]2[C@@H]1C[C@@H]1O[C@]21C. The second-order valence-corrected chi connectivity index (χ2v) is 10.2. The van der Waals surface area contributed by atoms with Gasteiger partial charge in [-0.1, -0.05) is 30.4 Å². The molecule has 7 atom stereocenters. The van der Waals surface area contributed by atoms with Crippen LogP contribution in [0.3, 0.4) is 0 Å². The fraction of sp³-hybridized carbons (Fsp3) is 0.640. The molecule has 160 valence electrons. The molecule has 2 saturated carbocycles. The molecule has 1 aromatic rings. The Labute approximate surface area is 179 Å². The van der Waals surface area contributed by atoms with E-state index in [1.165, 1.54) is 11.3 Å². The number of carbonyl (C=O) groups excluding carboxylic acids is 1. The highest BCUT2D eigenvalue weighted by Crippen LogP contribution is 2.63. The average molecular weight is 409 g/mol. The molecule has 0 spiro atoms. The molecule has 5 aliphatic rings. The molecular formula is C25H32N2O3. The molecule has 0 bridgehead atoms. The number of rotatable bonds is 3. The van der Waals surface area contributed by atoms with Crippen LogP contribution in [-0.4, -0.2) is 61.4 Å². The van der Waals surface area contributed by atoms with Gasteiger partial charge < -0.3 is 14.4 Å². The zero-order valence-corrected chi connectivity index (χ0v) is 17.8. The van der Waals surface area contributed by atoms with E-state index in [0.717, 1.165) is 52.0 Å². The number of hydrogen-bond donors (Lipinski definition) is 0. The number of epoxide rings is 1. The summed E-state index contributed by atoms with van der Waals surface area (Å²) in [6, 6.07) is 10.6. The Hall–Kier alpha value is -1.85. The average Bonchev–Trinajstić information content (AvgIpc) is 3.24. The highest BCUT2D eigenvalue weighted by Gasteiger charge is 2.71. The summed E-state index contributed by atoms with van der Waals surface area (Å²) in [5.41, 5.74) is 2.55. The summed E-state index contributed by atoms with van der Waals surface area (Å²) in [5.74, 6) is 1.08. The van der Waals surface area contributed by atoms with Gasteiger partial charge in [-0.25, -0.2) is 0 Å². The van der Waals surface area contributed by atoms with Crippen molar-refractivity contribution in [3.8, 4) is 0 Å². The van der Waals surface area contributed by atoms with E-state index in [4.69, 9.17) is 9.47 Å². The number of nitrogens with zero attached hydrogens (tertiary/aromatic N) is 2. The number of fused-ring (bicyclic) bond motifs is 5. The molecule has 0 amide bonds. The molecule has 5 heteroatoms. The number of hydrogen-bond acceptors (Lipinski definition) is 5. The molecule has 0 N–H and O–H groups in total. The highest BCUT2D eigenvalue weighted by molar-refractivity contribution is 5.76. The summed E-state index contributed by atoms with van der Waals surface area (Å²) in [4.78, 5) is 17.9. The second kappa shape index (κ2) is 6.83. The molecule has 3 heterocycles. The van der Waals surface area contributed by atoms with Gasteiger partial charge in [-0.05, 0) is 44.2 Å². The van der Waals surface area contributed by atoms with E-state index in [1.807, 2.05) is 0 Å². The van der Waals surface area contributed by atoms with Crippen LogP contribution in [0.4, 0.5) is 5.69 Å². The summed E-state index contributed by atoms with van der Waals surface area (Å²) < 4.78 is 12.2. The monoisotopic (exact) mass is 408 g/mol. The van der Waals surface area contributed by atoms with Crippen LogP contribution in [-0.2, 0) is 14.3 Å². The summed E-state index contributed by atoms with van der Waals surface area (Å²) >= 11 is 0. The second-order valence-electron chi connectivity index (χ2n) is 10.2. The first-order chi connectivity index (χ1) is 14.5. The molecule has 2 aliphatic carbocycles. The quantitative estimate of drug-likeness (QED) is 0.437. The Kier molecular flexibility index (Phi) is 4.30. The summed E-state index contributed by atoms with van der Waals surface area (Å²) in [7, 11) is 0. The van der Waals surface area contributed by atoms with Crippen LogP contribution in [0.5, 0.6) is 0 Å². The maximum Gasteiger partial charge on any atom is 0.310 e. The lowest BCUT2D eigenvalue weighted by Crippen LogP contribution is -2.49. The first-order valence-electron chi connectivity index (χ1n) is 11.6. The van der Waals surface area contributed by atoms with Crippen LogP contribution >= 0.6 is 0 Å². The largest absolute Gasteiger partial charge is 0.461 e. The Morgan fingerprint density at radius 3 is 2.70 bits per heavy atom. The molecule has 30 heavy (non-hydrogen) atoms. The van der Waals surface area contributed by atoms with Gasteiger partial charge in [0.1, 0.15) is 6.10 Å². The van der Waals surface area contributed by atoms with Gasteiger partial charge in [-0.2, -0.15) is 0 Å². The predicted octanol–water partition coefficient (Wildman–Crippen LogP) is 3.11. The van der Waals surface area contributed by atoms with Crippen LogP contribution < -0.4 is 4.90 Å². The zero-order valence-electron chi connectivity index (χ0n) is 17.8. The third-order valence-corrected chi connectivity index (χ3v) is 8.66. The number of carbonyl (C=O) groups is 1. The standard InChI is InChI=1S/C25H32N2O3/c1-16-8-9-18-20(15-26-10-12-27(13-11-26)17-6-4-3-5-7-17)24(28)29-23(18)22-19(16)14-21-25(22,2)30-21/h3-7,18-23H,1,8-15H2,2H3/t18-,19+,20+,21-,22+,23-,25-/m0/s1. The molecule has 0 aromatic heterocycles. The van der Waals surface area contributed by atoms with Crippen LogP contribution in [0.2, 0.25) is 0 Å². The minimum Gasteiger partial charge on any atom is -0.461 e. The number of piperazine rings is 1. The van der Waals surface area contributed by atoms with E-state index in [9.17, 15) is 4.79 Å². The van der Waals surface area contributed by atoms with Gasteiger partial charge in [0.2, 0.25) is 0 Å². The third-order valence-electron chi connectivity index (χ3n) is 8.66. The van der Waals surface area contributed by atoms with E-state index in [1.54, 1.807) is 0 Å². The number of esters is 1. The topological polar surface area (TPSA) is 45.3 Å². The van der Waals surface area contributed by atoms with Gasteiger partial charge in [0, 0.05) is 50.2 Å². The molecule has 0 unspecified atom stereocenters. The minimum atomic E-state index is -0.0999. The molecule has 5 fully saturated rings. The Bertz CT molecular complexity index is 849. The van der Waals surface area contributed by atoms with Gasteiger partial charge >= 0.3 is 5.97 Å². The van der Waals surface area contributed by atoms with Gasteiger partial charge in [0.25, 0.3) is 0 Å². The number of para-hydroxylation sites is 1. The molecule has 1 aromatic carbocycles. The molecule has 0 radical (unpaired) electrons. The van der Waals surface area contributed by atoms with Crippen LogP contribution in [0.15, 0.2) is 42.5 Å². The van der Waals surface area contributed by atoms with Crippen molar-refractivity contribution in [1.82, 2.24) is 4.90 Å². The van der Waals surface area contributed by atoms with Crippen molar-refractivity contribution in [2.24, 2.45) is 23.7 Å². The van der Waals surface area contributed by atoms with Crippen LogP contribution in [0.1, 0.15) is 26.2 Å². The first-order valence-corrected chi connectivity index (χ1v) is 11.6. The molecule has 3 aliphatic heterocycles. The Morgan fingerprint density at radius 1 is 1.17 bits per heavy atom. The fourth-order valence-electron chi connectivity index (χ4n) is 6.87. The fourth-order valence-corrected chi connectivity index (χ4v) is 6.87.